The second-order valence-electron chi connectivity index (χ2n) is 3.48. The van der Waals surface area contributed by atoms with Gasteiger partial charge in [-0.2, -0.15) is 0 Å². The van der Waals surface area contributed by atoms with Crippen molar-refractivity contribution in [2.24, 2.45) is 5.84 Å². The summed E-state index contributed by atoms with van der Waals surface area (Å²) < 4.78 is 7.16. The maximum atomic E-state index is 5.51. The third-order valence-electron chi connectivity index (χ3n) is 2.34. The Labute approximate surface area is 90.6 Å². The molecule has 15 heavy (non-hydrogen) atoms. The van der Waals surface area contributed by atoms with E-state index in [0.717, 1.165) is 25.2 Å². The first-order valence-corrected chi connectivity index (χ1v) is 5.29. The third-order valence-corrected chi connectivity index (χ3v) is 2.34. The van der Waals surface area contributed by atoms with Gasteiger partial charge in [-0.3, -0.25) is 5.84 Å². The van der Waals surface area contributed by atoms with Gasteiger partial charge in [0.1, 0.15) is 5.82 Å². The molecule has 0 radical (unpaired) electrons. The van der Waals surface area contributed by atoms with Gasteiger partial charge in [0.15, 0.2) is 0 Å². The minimum Gasteiger partial charge on any atom is -0.385 e. The van der Waals surface area contributed by atoms with E-state index in [2.05, 4.69) is 21.9 Å². The van der Waals surface area contributed by atoms with Gasteiger partial charge in [-0.25, -0.2) is 10.4 Å². The number of hydrogen-bond acceptors (Lipinski definition) is 4. The largest absolute Gasteiger partial charge is 0.385 e. The highest BCUT2D eigenvalue weighted by molar-refractivity contribution is 4.99. The summed E-state index contributed by atoms with van der Waals surface area (Å²) in [4.78, 5) is 4.32. The highest BCUT2D eigenvalue weighted by Gasteiger charge is 2.14. The lowest BCUT2D eigenvalue weighted by Crippen LogP contribution is -2.31. The molecule has 1 heterocycles. The van der Waals surface area contributed by atoms with Gasteiger partial charge in [-0.1, -0.05) is 6.92 Å². The van der Waals surface area contributed by atoms with Crippen molar-refractivity contribution in [2.45, 2.75) is 32.4 Å². The van der Waals surface area contributed by atoms with E-state index in [1.165, 1.54) is 0 Å². The van der Waals surface area contributed by atoms with E-state index in [0.29, 0.717) is 6.61 Å². The summed E-state index contributed by atoms with van der Waals surface area (Å²) in [6.07, 6.45) is 5.71. The van der Waals surface area contributed by atoms with Crippen molar-refractivity contribution >= 4 is 0 Å². The summed E-state index contributed by atoms with van der Waals surface area (Å²) in [6.45, 7) is 3.79. The Hall–Kier alpha value is -0.910. The van der Waals surface area contributed by atoms with E-state index in [1.54, 1.807) is 7.11 Å². The highest BCUT2D eigenvalue weighted by Crippen LogP contribution is 2.14. The van der Waals surface area contributed by atoms with Gasteiger partial charge in [0.25, 0.3) is 0 Å². The Kier molecular flexibility index (Phi) is 5.31. The first-order valence-electron chi connectivity index (χ1n) is 5.29. The Morgan fingerprint density at radius 2 is 2.47 bits per heavy atom. The Balaban J connectivity index is 2.67. The normalized spacial score (nSPS) is 13.0. The third kappa shape index (κ3) is 3.30. The average Bonchev–Trinajstić information content (AvgIpc) is 2.68. The van der Waals surface area contributed by atoms with Gasteiger partial charge in [0.2, 0.25) is 0 Å². The summed E-state index contributed by atoms with van der Waals surface area (Å²) in [6, 6.07) is 0.0616. The minimum absolute atomic E-state index is 0.0616. The number of nitrogens with two attached hydrogens (primary N) is 1. The molecule has 0 saturated carbocycles. The quantitative estimate of drug-likeness (QED) is 0.519. The maximum absolute atomic E-state index is 5.51. The number of aryl methyl sites for hydroxylation is 1. The number of ether oxygens (including phenoxy) is 1. The molecular formula is C10H20N4O. The molecule has 86 valence electrons. The first kappa shape index (κ1) is 12.2. The Bertz CT molecular complexity index is 274. The van der Waals surface area contributed by atoms with Crippen molar-refractivity contribution in [1.82, 2.24) is 15.0 Å². The first-order chi connectivity index (χ1) is 7.33. The van der Waals surface area contributed by atoms with Crippen LogP contribution in [0.3, 0.4) is 0 Å². The van der Waals surface area contributed by atoms with Gasteiger partial charge in [0, 0.05) is 32.7 Å². The van der Waals surface area contributed by atoms with Gasteiger partial charge in [-0.15, -0.1) is 0 Å². The molecule has 1 atom stereocenters. The zero-order valence-electron chi connectivity index (χ0n) is 9.44. The molecule has 0 saturated heterocycles. The molecule has 1 aromatic rings. The second-order valence-corrected chi connectivity index (χ2v) is 3.48. The molecule has 3 N–H and O–H groups in total. The van der Waals surface area contributed by atoms with E-state index >= 15 is 0 Å². The van der Waals surface area contributed by atoms with Gasteiger partial charge < -0.3 is 9.30 Å². The molecule has 0 aliphatic heterocycles. The van der Waals surface area contributed by atoms with E-state index in [9.17, 15) is 0 Å². The standard InChI is InChI=1S/C10H20N4O/c1-3-6-14-7-5-12-10(14)9(13-11)4-8-15-2/h5,7,9,13H,3-4,6,8,11H2,1-2H3. The van der Waals surface area contributed by atoms with Crippen LogP contribution in [0.5, 0.6) is 0 Å². The fourth-order valence-corrected chi connectivity index (χ4v) is 1.58. The van der Waals surface area contributed by atoms with E-state index < -0.39 is 0 Å². The fraction of sp³-hybridized carbons (Fsp3) is 0.700. The van der Waals surface area contributed by atoms with Gasteiger partial charge >= 0.3 is 0 Å². The summed E-state index contributed by atoms with van der Waals surface area (Å²) in [5.41, 5.74) is 2.77. The molecule has 1 aromatic heterocycles. The van der Waals surface area contributed by atoms with Crippen LogP contribution in [0.4, 0.5) is 0 Å². The summed E-state index contributed by atoms with van der Waals surface area (Å²) >= 11 is 0. The van der Waals surface area contributed by atoms with Crippen molar-refractivity contribution in [3.05, 3.63) is 18.2 Å². The molecule has 1 rings (SSSR count). The van der Waals surface area contributed by atoms with Gasteiger partial charge in [0.05, 0.1) is 6.04 Å². The Morgan fingerprint density at radius 3 is 3.07 bits per heavy atom. The smallest absolute Gasteiger partial charge is 0.127 e. The van der Waals surface area contributed by atoms with Crippen LogP contribution in [0.15, 0.2) is 12.4 Å². The van der Waals surface area contributed by atoms with E-state index in [1.807, 2.05) is 12.4 Å². The molecule has 0 aromatic carbocycles. The molecule has 0 bridgehead atoms. The van der Waals surface area contributed by atoms with Crippen LogP contribution in [-0.2, 0) is 11.3 Å². The fourth-order valence-electron chi connectivity index (χ4n) is 1.58. The number of aromatic nitrogens is 2. The molecule has 5 heteroatoms. The summed E-state index contributed by atoms with van der Waals surface area (Å²) in [5.74, 6) is 6.49. The van der Waals surface area contributed by atoms with E-state index in [-0.39, 0.29) is 6.04 Å². The Morgan fingerprint density at radius 1 is 1.67 bits per heavy atom. The zero-order valence-corrected chi connectivity index (χ0v) is 9.44. The van der Waals surface area contributed by atoms with Crippen molar-refractivity contribution in [3.63, 3.8) is 0 Å². The number of methoxy groups -OCH3 is 1. The molecular weight excluding hydrogens is 192 g/mol. The predicted molar refractivity (Wildman–Crippen MR) is 59.1 cm³/mol. The molecule has 5 nitrogen and oxygen atoms in total. The monoisotopic (exact) mass is 212 g/mol. The molecule has 0 aliphatic rings. The maximum Gasteiger partial charge on any atom is 0.127 e. The average molecular weight is 212 g/mol. The van der Waals surface area contributed by atoms with Crippen LogP contribution < -0.4 is 11.3 Å². The lowest BCUT2D eigenvalue weighted by molar-refractivity contribution is 0.181. The van der Waals surface area contributed by atoms with Crippen LogP contribution in [0.25, 0.3) is 0 Å². The highest BCUT2D eigenvalue weighted by atomic mass is 16.5. The van der Waals surface area contributed by atoms with E-state index in [4.69, 9.17) is 10.6 Å². The number of rotatable bonds is 7. The lowest BCUT2D eigenvalue weighted by atomic mass is 10.2. The SMILES string of the molecule is CCCn1ccnc1C(CCOC)NN. The molecule has 0 amide bonds. The second kappa shape index (κ2) is 6.55. The molecule has 0 spiro atoms. The van der Waals surface area contributed by atoms with Crippen LogP contribution in [0.1, 0.15) is 31.6 Å². The van der Waals surface area contributed by atoms with Gasteiger partial charge in [-0.05, 0) is 12.8 Å². The number of hydrogen-bond donors (Lipinski definition) is 2. The van der Waals surface area contributed by atoms with Crippen molar-refractivity contribution in [1.29, 1.82) is 0 Å². The number of nitrogens with one attached hydrogen (secondary N) is 1. The predicted octanol–water partition coefficient (Wildman–Crippen LogP) is 0.834. The van der Waals surface area contributed by atoms with Crippen molar-refractivity contribution < 1.29 is 4.74 Å². The van der Waals surface area contributed by atoms with Crippen molar-refractivity contribution in [2.75, 3.05) is 13.7 Å². The van der Waals surface area contributed by atoms with Crippen LogP contribution in [-0.4, -0.2) is 23.3 Å². The molecule has 0 fully saturated rings. The van der Waals surface area contributed by atoms with Crippen LogP contribution in [0, 0.1) is 0 Å². The molecule has 1 unspecified atom stereocenters. The number of hydrazine groups is 1. The number of nitrogens with zero attached hydrogens (tertiary/aromatic N) is 2. The molecule has 0 aliphatic carbocycles. The van der Waals surface area contributed by atoms with Crippen LogP contribution >= 0.6 is 0 Å². The number of imidazole rings is 1. The summed E-state index contributed by atoms with van der Waals surface area (Å²) in [5, 5.41) is 0. The summed E-state index contributed by atoms with van der Waals surface area (Å²) in [7, 11) is 1.69. The zero-order chi connectivity index (χ0) is 11.1. The topological polar surface area (TPSA) is 65.1 Å². The minimum atomic E-state index is 0.0616. The lowest BCUT2D eigenvalue weighted by Gasteiger charge is -2.16. The van der Waals surface area contributed by atoms with Crippen LogP contribution in [0.2, 0.25) is 0 Å². The van der Waals surface area contributed by atoms with Crippen molar-refractivity contribution in [3.8, 4) is 0 Å².